The van der Waals surface area contributed by atoms with Gasteiger partial charge in [0.15, 0.2) is 0 Å². The highest BCUT2D eigenvalue weighted by molar-refractivity contribution is 6.42. The molecule has 0 aliphatic carbocycles. The Bertz CT molecular complexity index is 851. The number of amidine groups is 1. The Balaban J connectivity index is 1.68. The number of rotatable bonds is 2. The maximum atomic E-state index is 6.22. The van der Waals surface area contributed by atoms with E-state index in [1.54, 1.807) is 6.20 Å². The molecule has 0 bridgehead atoms. The number of hydrogen-bond acceptors (Lipinski definition) is 5. The van der Waals surface area contributed by atoms with E-state index in [0.29, 0.717) is 16.6 Å². The van der Waals surface area contributed by atoms with Crippen LogP contribution >= 0.6 is 23.2 Å². The molecule has 2 aromatic rings. The van der Waals surface area contributed by atoms with E-state index in [-0.39, 0.29) is 5.54 Å². The van der Waals surface area contributed by atoms with Gasteiger partial charge in [0.05, 0.1) is 33.5 Å². The number of anilines is 1. The van der Waals surface area contributed by atoms with E-state index in [1.165, 1.54) is 0 Å². The molecule has 0 atom stereocenters. The van der Waals surface area contributed by atoms with Crippen LogP contribution in [0.2, 0.25) is 10.0 Å². The molecule has 1 aromatic heterocycles. The molecule has 0 amide bonds. The number of aliphatic imine (C=N–C) groups is 1. The summed E-state index contributed by atoms with van der Waals surface area (Å²) in [6, 6.07) is 3.69. The van der Waals surface area contributed by atoms with Crippen molar-refractivity contribution in [2.45, 2.75) is 24.9 Å². The highest BCUT2D eigenvalue weighted by atomic mass is 35.5. The van der Waals surface area contributed by atoms with E-state index >= 15 is 0 Å². The summed E-state index contributed by atoms with van der Waals surface area (Å²) in [5, 5.41) is 8.29. The molecule has 26 heavy (non-hydrogen) atoms. The van der Waals surface area contributed by atoms with Gasteiger partial charge >= 0.3 is 0 Å². The first-order valence-electron chi connectivity index (χ1n) is 8.72. The van der Waals surface area contributed by atoms with Gasteiger partial charge in [0.1, 0.15) is 11.7 Å². The van der Waals surface area contributed by atoms with Gasteiger partial charge in [-0.1, -0.05) is 23.2 Å². The number of aromatic nitrogens is 2. The third kappa shape index (κ3) is 3.17. The van der Waals surface area contributed by atoms with Crippen molar-refractivity contribution in [1.29, 1.82) is 0 Å². The first kappa shape index (κ1) is 17.6. The van der Waals surface area contributed by atoms with Crippen LogP contribution in [0, 0.1) is 0 Å². The average Bonchev–Trinajstić information content (AvgIpc) is 3.02. The molecule has 2 aliphatic heterocycles. The number of nitrogens with zero attached hydrogens (tertiary/aromatic N) is 4. The summed E-state index contributed by atoms with van der Waals surface area (Å²) in [7, 11) is 4.14. The fourth-order valence-electron chi connectivity index (χ4n) is 3.57. The maximum absolute atomic E-state index is 6.22. The van der Waals surface area contributed by atoms with Crippen LogP contribution in [0.25, 0.3) is 0 Å². The minimum Gasteiger partial charge on any atom is -0.371 e. The fourth-order valence-corrected chi connectivity index (χ4v) is 3.90. The average molecular weight is 393 g/mol. The Hall–Kier alpha value is -1.76. The van der Waals surface area contributed by atoms with E-state index < -0.39 is 0 Å². The van der Waals surface area contributed by atoms with E-state index in [1.807, 2.05) is 29.9 Å². The highest BCUT2D eigenvalue weighted by Gasteiger charge is 2.41. The zero-order chi connectivity index (χ0) is 18.3. The molecule has 1 aromatic carbocycles. The van der Waals surface area contributed by atoms with Crippen molar-refractivity contribution in [3.8, 4) is 0 Å². The van der Waals surface area contributed by atoms with Crippen LogP contribution in [-0.2, 0) is 13.6 Å². The van der Waals surface area contributed by atoms with Gasteiger partial charge in [-0.25, -0.2) is 9.98 Å². The molecule has 4 rings (SSSR count). The number of nitrogens with one attached hydrogen (secondary N) is 2. The molecule has 138 valence electrons. The van der Waals surface area contributed by atoms with Gasteiger partial charge in [-0.05, 0) is 32.0 Å². The predicted molar refractivity (Wildman–Crippen MR) is 107 cm³/mol. The summed E-state index contributed by atoms with van der Waals surface area (Å²) >= 11 is 12.4. The second-order valence-electron chi connectivity index (χ2n) is 7.06. The quantitative estimate of drug-likeness (QED) is 0.821. The largest absolute Gasteiger partial charge is 0.371 e. The Morgan fingerprint density at radius 1 is 1.19 bits per heavy atom. The summed E-state index contributed by atoms with van der Waals surface area (Å²) in [4.78, 5) is 11.7. The lowest BCUT2D eigenvalue weighted by Gasteiger charge is -2.45. The maximum Gasteiger partial charge on any atom is 0.129 e. The summed E-state index contributed by atoms with van der Waals surface area (Å²) < 4.78 is 2.01. The van der Waals surface area contributed by atoms with Crippen LogP contribution in [0.4, 0.5) is 11.4 Å². The smallest absolute Gasteiger partial charge is 0.129 e. The van der Waals surface area contributed by atoms with Gasteiger partial charge < -0.3 is 20.1 Å². The Morgan fingerprint density at radius 2 is 1.92 bits per heavy atom. The zero-order valence-corrected chi connectivity index (χ0v) is 16.4. The number of hydrogen-bond donors (Lipinski definition) is 2. The first-order chi connectivity index (χ1) is 12.5. The van der Waals surface area contributed by atoms with Crippen molar-refractivity contribution in [2.75, 3.05) is 25.5 Å². The molecular formula is C18H22Cl2N6. The number of halogens is 2. The number of likely N-dealkylation sites (tertiary alicyclic amines) is 1. The lowest BCUT2D eigenvalue weighted by atomic mass is 9.84. The van der Waals surface area contributed by atoms with Crippen LogP contribution in [-0.4, -0.2) is 46.0 Å². The molecule has 6 nitrogen and oxygen atoms in total. The van der Waals surface area contributed by atoms with Gasteiger partial charge in [0.25, 0.3) is 0 Å². The number of piperidine rings is 1. The fraction of sp³-hybridized carbons (Fsp3) is 0.444. The lowest BCUT2D eigenvalue weighted by Crippen LogP contribution is -2.58. The topological polar surface area (TPSA) is 57.5 Å². The summed E-state index contributed by atoms with van der Waals surface area (Å²) in [5.41, 5.74) is 1.53. The highest BCUT2D eigenvalue weighted by Crippen LogP contribution is 2.41. The molecule has 1 saturated heterocycles. The number of aryl methyl sites for hydroxylation is 1. The van der Waals surface area contributed by atoms with Crippen LogP contribution in [0.15, 0.2) is 29.5 Å². The minimum atomic E-state index is -0.220. The summed E-state index contributed by atoms with van der Waals surface area (Å²) in [6.07, 6.45) is 5.69. The zero-order valence-electron chi connectivity index (χ0n) is 14.9. The monoisotopic (exact) mass is 392 g/mol. The Kier molecular flexibility index (Phi) is 4.59. The van der Waals surface area contributed by atoms with Crippen molar-refractivity contribution >= 4 is 40.4 Å². The molecule has 2 aliphatic rings. The van der Waals surface area contributed by atoms with Crippen LogP contribution in [0.5, 0.6) is 0 Å². The molecule has 0 unspecified atom stereocenters. The molecule has 1 fully saturated rings. The Labute approximate surface area is 163 Å². The SMILES string of the molecule is CN1CCC2(CC1)Nc1cc(Cl)c(Cl)cc1N=C2NCc1nccn1C. The summed E-state index contributed by atoms with van der Waals surface area (Å²) in [6.45, 7) is 2.64. The third-order valence-electron chi connectivity index (χ3n) is 5.27. The van der Waals surface area contributed by atoms with Crippen molar-refractivity contribution in [3.05, 3.63) is 40.4 Å². The summed E-state index contributed by atoms with van der Waals surface area (Å²) in [5.74, 6) is 1.91. The van der Waals surface area contributed by atoms with Gasteiger partial charge in [0, 0.05) is 32.5 Å². The molecule has 2 N–H and O–H groups in total. The first-order valence-corrected chi connectivity index (χ1v) is 9.47. The number of imidazole rings is 1. The minimum absolute atomic E-state index is 0.220. The van der Waals surface area contributed by atoms with Gasteiger partial charge in [-0.2, -0.15) is 0 Å². The predicted octanol–water partition coefficient (Wildman–Crippen LogP) is 3.44. The van der Waals surface area contributed by atoms with Gasteiger partial charge in [0.2, 0.25) is 0 Å². The lowest BCUT2D eigenvalue weighted by molar-refractivity contribution is 0.238. The van der Waals surface area contributed by atoms with Crippen molar-refractivity contribution < 1.29 is 0 Å². The molecule has 0 saturated carbocycles. The van der Waals surface area contributed by atoms with Crippen molar-refractivity contribution in [1.82, 2.24) is 19.8 Å². The third-order valence-corrected chi connectivity index (χ3v) is 6.00. The van der Waals surface area contributed by atoms with E-state index in [4.69, 9.17) is 28.2 Å². The standard InChI is InChI=1S/C18H22Cl2N6/c1-25-6-3-18(4-7-25)17(22-11-16-21-5-8-26(16)2)23-14-9-12(19)13(20)10-15(14)24-18/h5,8-10,24H,3-4,6-7,11H2,1-2H3,(H,22,23). The molecule has 0 radical (unpaired) electrons. The normalized spacial score (nSPS) is 19.0. The van der Waals surface area contributed by atoms with Crippen molar-refractivity contribution in [2.24, 2.45) is 12.0 Å². The second kappa shape index (κ2) is 6.76. The van der Waals surface area contributed by atoms with E-state index in [2.05, 4.69) is 27.6 Å². The Morgan fingerprint density at radius 3 is 2.62 bits per heavy atom. The molecule has 1 spiro atoms. The number of fused-ring (bicyclic) bond motifs is 1. The number of benzene rings is 1. The van der Waals surface area contributed by atoms with Crippen LogP contribution in [0.1, 0.15) is 18.7 Å². The molecular weight excluding hydrogens is 371 g/mol. The van der Waals surface area contributed by atoms with Gasteiger partial charge in [-0.3, -0.25) is 0 Å². The van der Waals surface area contributed by atoms with Gasteiger partial charge in [-0.15, -0.1) is 0 Å². The van der Waals surface area contributed by atoms with E-state index in [9.17, 15) is 0 Å². The molecule has 8 heteroatoms. The van der Waals surface area contributed by atoms with Crippen molar-refractivity contribution in [3.63, 3.8) is 0 Å². The van der Waals surface area contributed by atoms with E-state index in [0.717, 1.165) is 49.0 Å². The molecule has 3 heterocycles. The van der Waals surface area contributed by atoms with Crippen LogP contribution in [0.3, 0.4) is 0 Å². The van der Waals surface area contributed by atoms with Crippen LogP contribution < -0.4 is 10.6 Å². The second-order valence-corrected chi connectivity index (χ2v) is 7.88.